The summed E-state index contributed by atoms with van der Waals surface area (Å²) in [5.41, 5.74) is 2.28. The number of thioether (sulfide) groups is 1. The van der Waals surface area contributed by atoms with E-state index in [0.717, 1.165) is 25.7 Å². The molecule has 0 fully saturated rings. The highest BCUT2D eigenvalue weighted by Crippen LogP contribution is 2.31. The smallest absolute Gasteiger partial charge is 0.283 e. The summed E-state index contributed by atoms with van der Waals surface area (Å²) in [6, 6.07) is 0. The lowest BCUT2D eigenvalue weighted by Gasteiger charge is -2.09. The molecule has 0 amide bonds. The second kappa shape index (κ2) is 6.63. The number of rotatable bonds is 6. The van der Waals surface area contributed by atoms with Gasteiger partial charge in [0.2, 0.25) is 0 Å². The molecular formula is C9H15F3N2OS2. The van der Waals surface area contributed by atoms with Gasteiger partial charge in [0.1, 0.15) is 0 Å². The lowest BCUT2D eigenvalue weighted by Crippen LogP contribution is -2.24. The molecule has 0 aromatic heterocycles. The number of nitrogens with zero attached hydrogens (tertiary/aromatic N) is 1. The van der Waals surface area contributed by atoms with E-state index in [1.165, 1.54) is 0 Å². The van der Waals surface area contributed by atoms with Crippen LogP contribution in [0.4, 0.5) is 13.2 Å². The number of hydrogen-bond acceptors (Lipinski definition) is 4. The van der Waals surface area contributed by atoms with Crippen LogP contribution in [0.2, 0.25) is 0 Å². The summed E-state index contributed by atoms with van der Waals surface area (Å²) >= 11 is 0.503. The summed E-state index contributed by atoms with van der Waals surface area (Å²) < 4.78 is 47.7. The van der Waals surface area contributed by atoms with Gasteiger partial charge in [-0.15, -0.1) is 0 Å². The molecular weight excluding hydrogens is 273 g/mol. The van der Waals surface area contributed by atoms with Crippen LogP contribution in [0.25, 0.3) is 0 Å². The largest absolute Gasteiger partial charge is 0.441 e. The predicted octanol–water partition coefficient (Wildman–Crippen LogP) is 2.81. The number of halogens is 3. The average Bonchev–Trinajstić information content (AvgIpc) is 2.72. The lowest BCUT2D eigenvalue weighted by atomic mass is 10.2. The molecule has 100 valence electrons. The van der Waals surface area contributed by atoms with Gasteiger partial charge in [-0.1, -0.05) is 37.9 Å². The first-order chi connectivity index (χ1) is 7.95. The van der Waals surface area contributed by atoms with E-state index in [-0.39, 0.29) is 0 Å². The monoisotopic (exact) mass is 288 g/mol. The molecule has 0 aliphatic carbocycles. The van der Waals surface area contributed by atoms with Crippen LogP contribution in [-0.4, -0.2) is 25.9 Å². The second-order valence-electron chi connectivity index (χ2n) is 3.64. The summed E-state index contributed by atoms with van der Waals surface area (Å²) in [5.74, 6) is 0.422. The minimum absolute atomic E-state index is 0.422. The predicted molar refractivity (Wildman–Crippen MR) is 65.2 cm³/mol. The highest BCUT2D eigenvalue weighted by molar-refractivity contribution is 8.22. The van der Waals surface area contributed by atoms with Gasteiger partial charge in [-0.3, -0.25) is 9.63 Å². The highest BCUT2D eigenvalue weighted by Gasteiger charge is 2.42. The van der Waals surface area contributed by atoms with Crippen LogP contribution in [0, 0.1) is 0 Å². The number of unbranched alkanes of at least 4 members (excludes halogenated alkanes) is 3. The first-order valence-electron chi connectivity index (χ1n) is 5.39. The van der Waals surface area contributed by atoms with Crippen LogP contribution < -0.4 is 5.43 Å². The highest BCUT2D eigenvalue weighted by atomic mass is 32.2. The van der Waals surface area contributed by atoms with Gasteiger partial charge in [0.25, 0.3) is 0 Å². The van der Waals surface area contributed by atoms with Gasteiger partial charge in [-0.25, -0.2) is 0 Å². The quantitative estimate of drug-likeness (QED) is 0.764. The molecule has 2 unspecified atom stereocenters. The van der Waals surface area contributed by atoms with Crippen molar-refractivity contribution in [3.8, 4) is 0 Å². The molecule has 1 aliphatic heterocycles. The van der Waals surface area contributed by atoms with E-state index in [4.69, 9.17) is 0 Å². The normalized spacial score (nSPS) is 22.1. The number of hydrazone groups is 1. The summed E-state index contributed by atoms with van der Waals surface area (Å²) in [6.07, 6.45) is -0.566. The van der Waals surface area contributed by atoms with Crippen LogP contribution in [0.15, 0.2) is 5.10 Å². The fraction of sp³-hybridized carbons (Fsp3) is 0.889. The maximum absolute atomic E-state index is 12.3. The van der Waals surface area contributed by atoms with Crippen molar-refractivity contribution in [3.63, 3.8) is 0 Å². The Labute approximate surface area is 105 Å². The van der Waals surface area contributed by atoms with Gasteiger partial charge in [0.15, 0.2) is 9.75 Å². The Bertz CT molecular complexity index is 307. The summed E-state index contributed by atoms with van der Waals surface area (Å²) in [5, 5.41) is 2.23. The Morgan fingerprint density at radius 3 is 2.65 bits per heavy atom. The summed E-state index contributed by atoms with van der Waals surface area (Å²) in [7, 11) is -1.32. The van der Waals surface area contributed by atoms with Crippen molar-refractivity contribution in [3.05, 3.63) is 0 Å². The molecule has 1 N–H and O–H groups in total. The molecule has 8 heteroatoms. The minimum atomic E-state index is -4.45. The van der Waals surface area contributed by atoms with E-state index in [1.54, 1.807) is 0 Å². The van der Waals surface area contributed by atoms with E-state index >= 15 is 0 Å². The third-order valence-electron chi connectivity index (χ3n) is 2.17. The Hall–Kier alpha value is -0.240. The van der Waals surface area contributed by atoms with E-state index in [0.29, 0.717) is 17.5 Å². The number of nitrogens with one attached hydrogen (secondary N) is 1. The molecule has 1 aliphatic rings. The molecule has 17 heavy (non-hydrogen) atoms. The Morgan fingerprint density at radius 2 is 2.12 bits per heavy atom. The molecule has 0 aromatic rings. The first kappa shape index (κ1) is 14.8. The van der Waals surface area contributed by atoms with Crippen LogP contribution in [-0.2, 0) is 10.8 Å². The zero-order valence-corrected chi connectivity index (χ0v) is 11.1. The van der Waals surface area contributed by atoms with Gasteiger partial charge in [0.05, 0.1) is 10.8 Å². The first-order valence-corrected chi connectivity index (χ1v) is 7.65. The van der Waals surface area contributed by atoms with Crippen LogP contribution >= 0.6 is 11.8 Å². The van der Waals surface area contributed by atoms with Crippen molar-refractivity contribution in [1.82, 2.24) is 5.43 Å². The van der Waals surface area contributed by atoms with Crippen LogP contribution in [0.1, 0.15) is 32.6 Å². The molecule has 1 rings (SSSR count). The van der Waals surface area contributed by atoms with Gasteiger partial charge in [0, 0.05) is 5.75 Å². The van der Waals surface area contributed by atoms with Crippen molar-refractivity contribution < 1.29 is 17.4 Å². The standard InChI is InChI=1S/C9H15F3N2OS2/c1-2-3-4-5-6-17(15)8-14-13-7(16-8)9(10,11)12/h8,14H,2-6H2,1H3. The Balaban J connectivity index is 2.28. The fourth-order valence-electron chi connectivity index (χ4n) is 1.29. The molecule has 1 heterocycles. The van der Waals surface area contributed by atoms with Crippen LogP contribution in [0.5, 0.6) is 0 Å². The third kappa shape index (κ3) is 4.87. The maximum Gasteiger partial charge on any atom is 0.441 e. The van der Waals surface area contributed by atoms with E-state index in [9.17, 15) is 17.4 Å². The molecule has 3 nitrogen and oxygen atoms in total. The number of hydrogen-bond donors (Lipinski definition) is 1. The second-order valence-corrected chi connectivity index (χ2v) is 6.67. The van der Waals surface area contributed by atoms with E-state index < -0.39 is 26.7 Å². The summed E-state index contributed by atoms with van der Waals surface area (Å²) in [4.78, 5) is 0. The molecule has 0 bridgehead atoms. The van der Waals surface area contributed by atoms with Crippen molar-refractivity contribution in [2.24, 2.45) is 5.10 Å². The van der Waals surface area contributed by atoms with Gasteiger partial charge < -0.3 is 0 Å². The zero-order chi connectivity index (χ0) is 12.9. The average molecular weight is 288 g/mol. The summed E-state index contributed by atoms with van der Waals surface area (Å²) in [6.45, 7) is 2.06. The molecule has 0 saturated carbocycles. The van der Waals surface area contributed by atoms with Gasteiger partial charge >= 0.3 is 6.18 Å². The van der Waals surface area contributed by atoms with Crippen LogP contribution in [0.3, 0.4) is 0 Å². The molecule has 0 spiro atoms. The molecule has 0 radical (unpaired) electrons. The topological polar surface area (TPSA) is 41.5 Å². The Kier molecular flexibility index (Phi) is 5.78. The lowest BCUT2D eigenvalue weighted by molar-refractivity contribution is -0.0555. The van der Waals surface area contributed by atoms with Gasteiger partial charge in [-0.2, -0.15) is 18.3 Å². The van der Waals surface area contributed by atoms with Crippen molar-refractivity contribution in [1.29, 1.82) is 0 Å². The number of alkyl halides is 3. The zero-order valence-electron chi connectivity index (χ0n) is 9.42. The Morgan fingerprint density at radius 1 is 1.41 bits per heavy atom. The SMILES string of the molecule is CCCCCCS(=O)C1NN=C(C(F)(F)F)S1. The molecule has 2 atom stereocenters. The molecule has 0 aromatic carbocycles. The maximum atomic E-state index is 12.3. The fourth-order valence-corrected chi connectivity index (χ4v) is 3.70. The van der Waals surface area contributed by atoms with Crippen molar-refractivity contribution in [2.75, 3.05) is 5.75 Å². The third-order valence-corrected chi connectivity index (χ3v) is 5.24. The van der Waals surface area contributed by atoms with Crippen molar-refractivity contribution >= 4 is 27.6 Å². The van der Waals surface area contributed by atoms with Crippen molar-refractivity contribution in [2.45, 2.75) is 43.5 Å². The van der Waals surface area contributed by atoms with Gasteiger partial charge in [-0.05, 0) is 6.42 Å². The molecule has 0 saturated heterocycles. The minimum Gasteiger partial charge on any atom is -0.283 e. The van der Waals surface area contributed by atoms with E-state index in [2.05, 4.69) is 17.5 Å². The van der Waals surface area contributed by atoms with E-state index in [1.807, 2.05) is 0 Å².